The predicted molar refractivity (Wildman–Crippen MR) is 78.8 cm³/mol. The number of hydrogen-bond donors (Lipinski definition) is 2. The molecule has 0 amide bonds. The Bertz CT molecular complexity index is 429. The molecule has 19 heavy (non-hydrogen) atoms. The molecule has 1 fully saturated rings. The van der Waals surface area contributed by atoms with E-state index in [1.807, 2.05) is 18.2 Å². The Morgan fingerprint density at radius 3 is 3.00 bits per heavy atom. The molecule has 1 heterocycles. The Kier molecular flexibility index (Phi) is 3.65. The van der Waals surface area contributed by atoms with Gasteiger partial charge in [-0.05, 0) is 36.8 Å². The summed E-state index contributed by atoms with van der Waals surface area (Å²) in [5, 5.41) is 7.04. The van der Waals surface area contributed by atoms with E-state index in [4.69, 9.17) is 4.74 Å². The zero-order valence-electron chi connectivity index (χ0n) is 11.7. The van der Waals surface area contributed by atoms with Gasteiger partial charge < -0.3 is 15.4 Å². The van der Waals surface area contributed by atoms with E-state index in [1.54, 1.807) is 0 Å². The number of benzene rings is 1. The van der Waals surface area contributed by atoms with Crippen molar-refractivity contribution >= 4 is 5.69 Å². The number of para-hydroxylation sites is 2. The Labute approximate surface area is 115 Å². The topological polar surface area (TPSA) is 33.3 Å². The van der Waals surface area contributed by atoms with Crippen LogP contribution in [-0.2, 0) is 0 Å². The Balaban J connectivity index is 1.45. The van der Waals surface area contributed by atoms with Crippen LogP contribution in [0.25, 0.3) is 0 Å². The molecule has 1 saturated carbocycles. The van der Waals surface area contributed by atoms with Crippen LogP contribution in [0, 0.1) is 5.41 Å². The van der Waals surface area contributed by atoms with E-state index < -0.39 is 0 Å². The lowest BCUT2D eigenvalue weighted by atomic mass is 10.0. The van der Waals surface area contributed by atoms with Crippen LogP contribution < -0.4 is 15.4 Å². The SMILES string of the molecule is CCCC1(CNCC2CNc3ccccc3O2)CC1. The number of anilines is 1. The fraction of sp³-hybridized carbons (Fsp3) is 0.625. The van der Waals surface area contributed by atoms with Gasteiger partial charge in [-0.1, -0.05) is 25.5 Å². The van der Waals surface area contributed by atoms with Gasteiger partial charge in [0.1, 0.15) is 11.9 Å². The first kappa shape index (κ1) is 12.8. The number of nitrogens with one attached hydrogen (secondary N) is 2. The molecule has 1 aromatic rings. The van der Waals surface area contributed by atoms with Crippen molar-refractivity contribution in [2.75, 3.05) is 25.0 Å². The van der Waals surface area contributed by atoms with Crippen molar-refractivity contribution in [1.29, 1.82) is 0 Å². The predicted octanol–water partition coefficient (Wildman–Crippen LogP) is 3.03. The number of rotatable bonds is 6. The summed E-state index contributed by atoms with van der Waals surface area (Å²) < 4.78 is 6.00. The van der Waals surface area contributed by atoms with Gasteiger partial charge in [-0.15, -0.1) is 0 Å². The first-order chi connectivity index (χ1) is 9.31. The third kappa shape index (κ3) is 3.03. The van der Waals surface area contributed by atoms with Crippen LogP contribution in [0.2, 0.25) is 0 Å². The molecule has 1 aliphatic carbocycles. The highest BCUT2D eigenvalue weighted by Crippen LogP contribution is 2.48. The maximum atomic E-state index is 6.00. The molecule has 1 aromatic carbocycles. The van der Waals surface area contributed by atoms with E-state index in [0.29, 0.717) is 5.41 Å². The highest BCUT2D eigenvalue weighted by molar-refractivity contribution is 5.57. The lowest BCUT2D eigenvalue weighted by Gasteiger charge is -2.28. The molecule has 3 nitrogen and oxygen atoms in total. The van der Waals surface area contributed by atoms with E-state index >= 15 is 0 Å². The number of hydrogen-bond acceptors (Lipinski definition) is 3. The molecule has 0 spiro atoms. The molecule has 3 heteroatoms. The largest absolute Gasteiger partial charge is 0.485 e. The maximum Gasteiger partial charge on any atom is 0.142 e. The Hall–Kier alpha value is -1.22. The lowest BCUT2D eigenvalue weighted by molar-refractivity contribution is 0.198. The average molecular weight is 260 g/mol. The second-order valence-corrected chi connectivity index (χ2v) is 6.00. The monoisotopic (exact) mass is 260 g/mol. The third-order valence-electron chi connectivity index (χ3n) is 4.31. The normalized spacial score (nSPS) is 23.1. The molecule has 1 aliphatic heterocycles. The first-order valence-corrected chi connectivity index (χ1v) is 7.52. The number of ether oxygens (including phenoxy) is 1. The highest BCUT2D eigenvalue weighted by atomic mass is 16.5. The fourth-order valence-electron chi connectivity index (χ4n) is 2.99. The smallest absolute Gasteiger partial charge is 0.142 e. The lowest BCUT2D eigenvalue weighted by Crippen LogP contribution is -2.41. The van der Waals surface area contributed by atoms with Gasteiger partial charge in [-0.25, -0.2) is 0 Å². The summed E-state index contributed by atoms with van der Waals surface area (Å²) in [6.45, 7) is 5.27. The van der Waals surface area contributed by atoms with Gasteiger partial charge in [0, 0.05) is 13.1 Å². The van der Waals surface area contributed by atoms with Gasteiger partial charge in [0.15, 0.2) is 0 Å². The summed E-state index contributed by atoms with van der Waals surface area (Å²) in [6, 6.07) is 8.17. The molecule has 0 radical (unpaired) electrons. The molecular formula is C16H24N2O. The molecule has 1 atom stereocenters. The van der Waals surface area contributed by atoms with Gasteiger partial charge in [-0.2, -0.15) is 0 Å². The molecule has 0 bridgehead atoms. The third-order valence-corrected chi connectivity index (χ3v) is 4.31. The van der Waals surface area contributed by atoms with Crippen LogP contribution in [-0.4, -0.2) is 25.7 Å². The van der Waals surface area contributed by atoms with Crippen LogP contribution in [0.1, 0.15) is 32.6 Å². The van der Waals surface area contributed by atoms with E-state index in [1.165, 1.54) is 25.7 Å². The Morgan fingerprint density at radius 2 is 2.21 bits per heavy atom. The van der Waals surface area contributed by atoms with Gasteiger partial charge in [0.2, 0.25) is 0 Å². The van der Waals surface area contributed by atoms with E-state index in [0.717, 1.165) is 31.1 Å². The first-order valence-electron chi connectivity index (χ1n) is 7.52. The Morgan fingerprint density at radius 1 is 1.37 bits per heavy atom. The molecule has 0 aromatic heterocycles. The highest BCUT2D eigenvalue weighted by Gasteiger charge is 2.40. The van der Waals surface area contributed by atoms with Gasteiger partial charge in [0.05, 0.1) is 12.2 Å². The summed E-state index contributed by atoms with van der Waals surface area (Å²) in [5.74, 6) is 0.982. The summed E-state index contributed by atoms with van der Waals surface area (Å²) in [7, 11) is 0. The van der Waals surface area contributed by atoms with E-state index in [-0.39, 0.29) is 6.10 Å². The minimum atomic E-state index is 0.243. The molecule has 2 N–H and O–H groups in total. The van der Waals surface area contributed by atoms with Crippen molar-refractivity contribution in [2.24, 2.45) is 5.41 Å². The zero-order chi connectivity index (χ0) is 13.1. The van der Waals surface area contributed by atoms with E-state index in [2.05, 4.69) is 23.6 Å². The fourth-order valence-corrected chi connectivity index (χ4v) is 2.99. The quantitative estimate of drug-likeness (QED) is 0.825. The summed E-state index contributed by atoms with van der Waals surface area (Å²) >= 11 is 0. The minimum absolute atomic E-state index is 0.243. The van der Waals surface area contributed by atoms with Gasteiger partial charge in [-0.3, -0.25) is 0 Å². The number of fused-ring (bicyclic) bond motifs is 1. The van der Waals surface area contributed by atoms with Crippen molar-refractivity contribution in [3.8, 4) is 5.75 Å². The minimum Gasteiger partial charge on any atom is -0.485 e. The van der Waals surface area contributed by atoms with Gasteiger partial charge in [0.25, 0.3) is 0 Å². The molecule has 104 valence electrons. The summed E-state index contributed by atoms with van der Waals surface area (Å²) in [4.78, 5) is 0. The standard InChI is InChI=1S/C16H24N2O/c1-2-7-16(8-9-16)12-17-10-13-11-18-14-5-3-4-6-15(14)19-13/h3-6,13,17-18H,2,7-12H2,1H3. The zero-order valence-corrected chi connectivity index (χ0v) is 11.7. The van der Waals surface area contributed by atoms with E-state index in [9.17, 15) is 0 Å². The maximum absolute atomic E-state index is 6.00. The van der Waals surface area contributed by atoms with Crippen LogP contribution in [0.4, 0.5) is 5.69 Å². The molecule has 3 rings (SSSR count). The van der Waals surface area contributed by atoms with Crippen molar-refractivity contribution < 1.29 is 4.74 Å². The van der Waals surface area contributed by atoms with Crippen molar-refractivity contribution in [3.05, 3.63) is 24.3 Å². The molecular weight excluding hydrogens is 236 g/mol. The molecule has 0 saturated heterocycles. The van der Waals surface area contributed by atoms with Crippen LogP contribution in [0.5, 0.6) is 5.75 Å². The van der Waals surface area contributed by atoms with Crippen molar-refractivity contribution in [1.82, 2.24) is 5.32 Å². The van der Waals surface area contributed by atoms with Gasteiger partial charge >= 0.3 is 0 Å². The summed E-state index contributed by atoms with van der Waals surface area (Å²) in [6.07, 6.45) is 5.72. The van der Waals surface area contributed by atoms with Crippen LogP contribution in [0.15, 0.2) is 24.3 Å². The molecule has 1 unspecified atom stereocenters. The van der Waals surface area contributed by atoms with Crippen molar-refractivity contribution in [3.63, 3.8) is 0 Å². The van der Waals surface area contributed by atoms with Crippen LogP contribution in [0.3, 0.4) is 0 Å². The summed E-state index contributed by atoms with van der Waals surface area (Å²) in [5.41, 5.74) is 1.73. The molecule has 2 aliphatic rings. The average Bonchev–Trinajstić information content (AvgIpc) is 3.19. The second-order valence-electron chi connectivity index (χ2n) is 6.00. The second kappa shape index (κ2) is 5.41. The van der Waals surface area contributed by atoms with Crippen molar-refractivity contribution in [2.45, 2.75) is 38.7 Å². The van der Waals surface area contributed by atoms with Crippen LogP contribution >= 0.6 is 0 Å².